The normalized spacial score (nSPS) is 14.9. The van der Waals surface area contributed by atoms with Gasteiger partial charge in [-0.3, -0.25) is 48.1 Å². The van der Waals surface area contributed by atoms with Crippen molar-refractivity contribution in [2.24, 2.45) is 33.8 Å². The van der Waals surface area contributed by atoms with E-state index in [1.54, 1.807) is 13.8 Å². The summed E-state index contributed by atoms with van der Waals surface area (Å²) in [4.78, 5) is 134. The lowest BCUT2D eigenvalue weighted by Gasteiger charge is -2.29. The molecule has 0 unspecified atom stereocenters. The number of phenols is 1. The number of phenolic OH excluding ortho intramolecular Hbond substituents is 1. The molecule has 0 radical (unpaired) electrons. The SMILES string of the molecule is CC(C)[C@H](NC(=O)[C@H](Cc1ccc(O)cc1)NC(=O)[C@H](CC(=O)O)NC(=O)[C@H](CCCN=C(N)N)NC(=O)[C@@H](NC(=O)[C@H](CCC(=O)O)NC(=O)[C@@H](N)CO)[C@@H](C)O)C(=O)N[C@@H](CCCCN)C(=O)O. The van der Waals surface area contributed by atoms with Gasteiger partial charge in [-0.2, -0.15) is 0 Å². The van der Waals surface area contributed by atoms with Crippen molar-refractivity contribution in [2.45, 2.75) is 133 Å². The third kappa shape index (κ3) is 22.8. The number of carboxylic acids is 3. The van der Waals surface area contributed by atoms with E-state index in [2.05, 4.69) is 42.2 Å². The molecule has 0 fully saturated rings. The number of aromatic hydroxyl groups is 1. The van der Waals surface area contributed by atoms with E-state index in [-0.39, 0.29) is 50.5 Å². The van der Waals surface area contributed by atoms with Gasteiger partial charge >= 0.3 is 17.9 Å². The van der Waals surface area contributed by atoms with Crippen molar-refractivity contribution >= 4 is 65.2 Å². The van der Waals surface area contributed by atoms with Crippen LogP contribution in [-0.2, 0) is 54.4 Å². The highest BCUT2D eigenvalue weighted by Crippen LogP contribution is 2.14. The fourth-order valence-electron chi connectivity index (χ4n) is 6.40. The average molecular weight is 997 g/mol. The van der Waals surface area contributed by atoms with Crippen LogP contribution in [0, 0.1) is 5.92 Å². The highest BCUT2D eigenvalue weighted by atomic mass is 16.4. The highest BCUT2D eigenvalue weighted by molar-refractivity contribution is 5.98. The van der Waals surface area contributed by atoms with Gasteiger partial charge in [0, 0.05) is 19.4 Å². The van der Waals surface area contributed by atoms with Gasteiger partial charge in [0.1, 0.15) is 54.1 Å². The Balaban J connectivity index is 3.58. The highest BCUT2D eigenvalue weighted by Gasteiger charge is 2.36. The van der Waals surface area contributed by atoms with Gasteiger partial charge in [-0.15, -0.1) is 0 Å². The third-order valence-electron chi connectivity index (χ3n) is 10.3. The summed E-state index contributed by atoms with van der Waals surface area (Å²) in [5.74, 6) is -13.2. The number of aliphatic hydroxyl groups is 2. The largest absolute Gasteiger partial charge is 0.508 e. The Kier molecular flexibility index (Phi) is 27.0. The predicted molar refractivity (Wildman–Crippen MR) is 246 cm³/mol. The van der Waals surface area contributed by atoms with Gasteiger partial charge in [0.05, 0.1) is 19.1 Å². The number of rotatable bonds is 33. The summed E-state index contributed by atoms with van der Waals surface area (Å²) in [6.07, 6.45) is -3.85. The number of hydrogen-bond donors (Lipinski definition) is 17. The summed E-state index contributed by atoms with van der Waals surface area (Å²) in [5.41, 5.74) is 22.2. The first-order valence-electron chi connectivity index (χ1n) is 22.2. The molecule has 28 heteroatoms. The Morgan fingerprint density at radius 2 is 1.09 bits per heavy atom. The molecule has 0 saturated carbocycles. The van der Waals surface area contributed by atoms with Crippen molar-refractivity contribution in [1.29, 1.82) is 0 Å². The van der Waals surface area contributed by atoms with Crippen LogP contribution in [0.3, 0.4) is 0 Å². The molecule has 21 N–H and O–H groups in total. The number of amides is 7. The second kappa shape index (κ2) is 31.1. The number of nitrogens with zero attached hydrogens (tertiary/aromatic N) is 1. The van der Waals surface area contributed by atoms with Crippen LogP contribution >= 0.6 is 0 Å². The molecule has 1 aromatic carbocycles. The van der Waals surface area contributed by atoms with Crippen LogP contribution in [0.5, 0.6) is 5.75 Å². The first kappa shape index (κ1) is 60.8. The molecule has 0 spiro atoms. The van der Waals surface area contributed by atoms with E-state index in [9.17, 15) is 78.6 Å². The smallest absolute Gasteiger partial charge is 0.326 e. The van der Waals surface area contributed by atoms with Crippen molar-refractivity contribution in [3.05, 3.63) is 29.8 Å². The minimum absolute atomic E-state index is 0.0337. The Hall–Kier alpha value is -7.17. The number of benzene rings is 1. The Labute approximate surface area is 402 Å². The van der Waals surface area contributed by atoms with Crippen LogP contribution in [0.4, 0.5) is 0 Å². The molecule has 0 aliphatic carbocycles. The molecule has 0 heterocycles. The Bertz CT molecular complexity index is 1980. The number of guanidine groups is 1. The topological polar surface area (TPSA) is 493 Å². The molecule has 7 amide bonds. The number of carboxylic acid groups (broad SMARTS) is 3. The van der Waals surface area contributed by atoms with Gasteiger partial charge in [-0.05, 0) is 75.6 Å². The molecule has 1 rings (SSSR count). The summed E-state index contributed by atoms with van der Waals surface area (Å²) in [5, 5.41) is 74.6. The van der Waals surface area contributed by atoms with Gasteiger partial charge in [0.15, 0.2) is 5.96 Å². The van der Waals surface area contributed by atoms with Gasteiger partial charge in [0.2, 0.25) is 41.4 Å². The number of nitrogens with one attached hydrogen (secondary N) is 7. The van der Waals surface area contributed by atoms with Crippen molar-refractivity contribution in [3.8, 4) is 5.75 Å². The fraction of sp³-hybridized carbons (Fsp3) is 0.595. The first-order chi connectivity index (χ1) is 32.8. The van der Waals surface area contributed by atoms with Gasteiger partial charge < -0.3 is 90.8 Å². The summed E-state index contributed by atoms with van der Waals surface area (Å²) in [7, 11) is 0. The van der Waals surface area contributed by atoms with Crippen LogP contribution in [0.25, 0.3) is 0 Å². The summed E-state index contributed by atoms with van der Waals surface area (Å²) in [6.45, 7) is 3.50. The van der Waals surface area contributed by atoms with E-state index in [4.69, 9.17) is 22.9 Å². The minimum Gasteiger partial charge on any atom is -0.508 e. The molecule has 70 heavy (non-hydrogen) atoms. The lowest BCUT2D eigenvalue weighted by Crippen LogP contribution is -2.62. The number of unbranched alkanes of at least 4 members (excludes halogenated alkanes) is 1. The molecular formula is C42H68N12O16. The standard InChI is InChI=1S/C42H68N12O16/c1-20(2)32(39(67)50-27(41(69)70)7-4-5-15-43)53-38(66)28(17-22-9-11-23(57)12-10-22)51-37(65)29(18-31(60)61)52-35(63)25(8-6-16-47-42(45)46)49-40(68)33(21(3)56)54-36(64)26(13-14-30(58)59)48-34(62)24(44)19-55/h9-12,20-21,24-29,32-33,55-57H,4-8,13-19,43-44H2,1-3H3,(H,48,62)(H,49,68)(H,50,67)(H,51,65)(H,52,63)(H,53,66)(H,54,64)(H,58,59)(H,60,61)(H,69,70)(H4,45,46,47)/t21-,24+,25+,26+,27+,28+,29+,32+,33+/m1/s1. The lowest BCUT2D eigenvalue weighted by molar-refractivity contribution is -0.143. The molecule has 0 aliphatic heterocycles. The van der Waals surface area contributed by atoms with E-state index >= 15 is 0 Å². The van der Waals surface area contributed by atoms with Crippen LogP contribution in [0.1, 0.15) is 77.7 Å². The van der Waals surface area contributed by atoms with Crippen LogP contribution in [0.2, 0.25) is 0 Å². The average Bonchev–Trinajstić information content (AvgIpc) is 3.28. The van der Waals surface area contributed by atoms with Gasteiger partial charge in [-0.25, -0.2) is 4.79 Å². The first-order valence-corrected chi connectivity index (χ1v) is 22.2. The lowest BCUT2D eigenvalue weighted by atomic mass is 9.99. The number of carbonyl (C=O) groups excluding carboxylic acids is 7. The van der Waals surface area contributed by atoms with Gasteiger partial charge in [0.25, 0.3) is 0 Å². The maximum atomic E-state index is 14.0. The monoisotopic (exact) mass is 996 g/mol. The fourth-order valence-corrected chi connectivity index (χ4v) is 6.40. The number of hydrogen-bond acceptors (Lipinski definition) is 16. The van der Waals surface area contributed by atoms with E-state index in [1.807, 2.05) is 0 Å². The van der Waals surface area contributed by atoms with Crippen LogP contribution in [-0.4, -0.2) is 170 Å². The molecule has 0 bridgehead atoms. The zero-order valence-corrected chi connectivity index (χ0v) is 39.1. The second-order valence-electron chi connectivity index (χ2n) is 16.5. The number of carbonyl (C=O) groups is 10. The zero-order valence-electron chi connectivity index (χ0n) is 39.1. The third-order valence-corrected chi connectivity index (χ3v) is 10.3. The van der Waals surface area contributed by atoms with Crippen molar-refractivity contribution < 1.29 is 78.6 Å². The molecular weight excluding hydrogens is 929 g/mol. The molecule has 9 atom stereocenters. The second-order valence-corrected chi connectivity index (χ2v) is 16.5. The molecule has 392 valence electrons. The number of aliphatic carboxylic acids is 3. The Morgan fingerprint density at radius 1 is 0.600 bits per heavy atom. The molecule has 0 aliphatic rings. The zero-order chi connectivity index (χ0) is 53.2. The molecule has 0 saturated heterocycles. The van der Waals surface area contributed by atoms with Crippen LogP contribution < -0.4 is 60.2 Å². The summed E-state index contributed by atoms with van der Waals surface area (Å²) >= 11 is 0. The quantitative estimate of drug-likeness (QED) is 0.0177. The maximum Gasteiger partial charge on any atom is 0.326 e. The summed E-state index contributed by atoms with van der Waals surface area (Å²) in [6, 6.07) is -7.71. The minimum atomic E-state index is -1.98. The van der Waals surface area contributed by atoms with E-state index in [0.717, 1.165) is 6.92 Å². The van der Waals surface area contributed by atoms with E-state index in [0.29, 0.717) is 18.4 Å². The summed E-state index contributed by atoms with van der Waals surface area (Å²) < 4.78 is 0. The number of nitrogens with two attached hydrogens (primary N) is 4. The van der Waals surface area contributed by atoms with Crippen molar-refractivity contribution in [2.75, 3.05) is 19.7 Å². The van der Waals surface area contributed by atoms with Crippen molar-refractivity contribution in [1.82, 2.24) is 37.2 Å². The molecule has 0 aromatic heterocycles. The maximum absolute atomic E-state index is 14.0. The predicted octanol–water partition coefficient (Wildman–Crippen LogP) is -5.71. The van der Waals surface area contributed by atoms with Crippen LogP contribution in [0.15, 0.2) is 29.3 Å². The molecule has 1 aromatic rings. The number of aliphatic imine (C=N–C) groups is 1. The van der Waals surface area contributed by atoms with E-state index in [1.165, 1.54) is 24.3 Å². The Morgan fingerprint density at radius 3 is 1.61 bits per heavy atom. The van der Waals surface area contributed by atoms with Crippen molar-refractivity contribution in [3.63, 3.8) is 0 Å². The number of aliphatic hydroxyl groups excluding tert-OH is 2. The van der Waals surface area contributed by atoms with E-state index < -0.39 is 145 Å². The van der Waals surface area contributed by atoms with Gasteiger partial charge in [-0.1, -0.05) is 26.0 Å². The molecule has 28 nitrogen and oxygen atoms in total.